The van der Waals surface area contributed by atoms with Gasteiger partial charge in [-0.1, -0.05) is 12.1 Å². The minimum absolute atomic E-state index is 0.119. The van der Waals surface area contributed by atoms with Crippen LogP contribution in [-0.2, 0) is 10.1 Å². The van der Waals surface area contributed by atoms with Gasteiger partial charge in [0.25, 0.3) is 0 Å². The van der Waals surface area contributed by atoms with Crippen LogP contribution in [0.4, 0.5) is 10.1 Å². The Morgan fingerprint density at radius 3 is 2.45 bits per heavy atom. The molecular formula is C14H12FNO5S. The molecule has 0 amide bonds. The van der Waals surface area contributed by atoms with Crippen LogP contribution in [0, 0.1) is 29.8 Å². The lowest BCUT2D eigenvalue weighted by Crippen LogP contribution is -2.12. The maximum absolute atomic E-state index is 13.2. The number of aryl methyl sites for hydroxylation is 2. The summed E-state index contributed by atoms with van der Waals surface area (Å²) < 4.78 is 42.6. The fourth-order valence-corrected chi connectivity index (χ4v) is 3.10. The molecule has 0 unspecified atom stereocenters. The largest absolute Gasteiger partial charge is 0.371 e. The van der Waals surface area contributed by atoms with Crippen LogP contribution in [0.5, 0.6) is 5.75 Å². The number of halogens is 1. The fraction of sp³-hybridized carbons (Fsp3) is 0.143. The van der Waals surface area contributed by atoms with E-state index in [1.165, 1.54) is 6.07 Å². The highest BCUT2D eigenvalue weighted by Gasteiger charge is 2.25. The van der Waals surface area contributed by atoms with Gasteiger partial charge in [0.1, 0.15) is 10.7 Å². The summed E-state index contributed by atoms with van der Waals surface area (Å²) in [6.07, 6.45) is 0. The van der Waals surface area contributed by atoms with E-state index in [0.717, 1.165) is 12.1 Å². The Hall–Kier alpha value is -2.48. The lowest BCUT2D eigenvalue weighted by atomic mass is 10.2. The Labute approximate surface area is 126 Å². The Kier molecular flexibility index (Phi) is 4.14. The molecule has 116 valence electrons. The average Bonchev–Trinajstić information content (AvgIpc) is 2.40. The summed E-state index contributed by atoms with van der Waals surface area (Å²) >= 11 is 0. The molecule has 0 N–H and O–H groups in total. The molecule has 0 aromatic heterocycles. The molecule has 2 aromatic carbocycles. The number of nitrogens with zero attached hydrogens (tertiary/aromatic N) is 1. The van der Waals surface area contributed by atoms with Crippen LogP contribution in [0.3, 0.4) is 0 Å². The Morgan fingerprint density at radius 1 is 1.14 bits per heavy atom. The highest BCUT2D eigenvalue weighted by Crippen LogP contribution is 2.31. The maximum atomic E-state index is 13.2. The van der Waals surface area contributed by atoms with Crippen LogP contribution in [0.25, 0.3) is 0 Å². The Bertz CT molecular complexity index is 848. The Morgan fingerprint density at radius 2 is 1.82 bits per heavy atom. The Balaban J connectivity index is 2.52. The van der Waals surface area contributed by atoms with E-state index in [0.29, 0.717) is 17.2 Å². The first-order valence-corrected chi connectivity index (χ1v) is 7.57. The third-order valence-electron chi connectivity index (χ3n) is 2.93. The molecule has 0 spiro atoms. The van der Waals surface area contributed by atoms with Crippen molar-refractivity contribution in [2.75, 3.05) is 0 Å². The van der Waals surface area contributed by atoms with E-state index in [-0.39, 0.29) is 4.90 Å². The topological polar surface area (TPSA) is 86.5 Å². The first-order chi connectivity index (χ1) is 10.2. The van der Waals surface area contributed by atoms with Crippen LogP contribution < -0.4 is 4.18 Å². The summed E-state index contributed by atoms with van der Waals surface area (Å²) in [5.41, 5.74) is 0.474. The third-order valence-corrected chi connectivity index (χ3v) is 4.31. The first kappa shape index (κ1) is 15.9. The molecule has 0 atom stereocenters. The molecule has 0 aliphatic carbocycles. The van der Waals surface area contributed by atoms with E-state index in [1.54, 1.807) is 26.0 Å². The van der Waals surface area contributed by atoms with Crippen molar-refractivity contribution in [3.63, 3.8) is 0 Å². The summed E-state index contributed by atoms with van der Waals surface area (Å²) in [6.45, 7) is 3.26. The molecule has 2 aromatic rings. The van der Waals surface area contributed by atoms with E-state index in [1.807, 2.05) is 0 Å². The molecule has 0 radical (unpaired) electrons. The van der Waals surface area contributed by atoms with Crippen LogP contribution >= 0.6 is 0 Å². The second kappa shape index (κ2) is 5.72. The summed E-state index contributed by atoms with van der Waals surface area (Å²) in [5, 5.41) is 10.9. The lowest BCUT2D eigenvalue weighted by Gasteiger charge is -2.10. The van der Waals surface area contributed by atoms with Crippen molar-refractivity contribution in [1.82, 2.24) is 0 Å². The second-order valence-corrected chi connectivity index (χ2v) is 6.19. The summed E-state index contributed by atoms with van der Waals surface area (Å²) in [4.78, 5) is 9.93. The predicted molar refractivity (Wildman–Crippen MR) is 76.8 cm³/mol. The highest BCUT2D eigenvalue weighted by atomic mass is 32.2. The van der Waals surface area contributed by atoms with Crippen LogP contribution in [0.2, 0.25) is 0 Å². The number of rotatable bonds is 4. The summed E-state index contributed by atoms with van der Waals surface area (Å²) in [5.74, 6) is -1.50. The van der Waals surface area contributed by atoms with Gasteiger partial charge in [0.2, 0.25) is 5.75 Å². The quantitative estimate of drug-likeness (QED) is 0.490. The zero-order chi connectivity index (χ0) is 16.5. The fourth-order valence-electron chi connectivity index (χ4n) is 1.85. The molecule has 8 heteroatoms. The molecule has 22 heavy (non-hydrogen) atoms. The average molecular weight is 325 g/mol. The molecule has 0 saturated heterocycles. The van der Waals surface area contributed by atoms with Gasteiger partial charge in [0.15, 0.2) is 0 Å². The van der Waals surface area contributed by atoms with Gasteiger partial charge in [-0.05, 0) is 37.1 Å². The maximum Gasteiger partial charge on any atom is 0.339 e. The molecule has 0 fully saturated rings. The zero-order valence-electron chi connectivity index (χ0n) is 11.7. The second-order valence-electron chi connectivity index (χ2n) is 4.68. The van der Waals surface area contributed by atoms with E-state index in [2.05, 4.69) is 0 Å². The molecule has 6 nitrogen and oxygen atoms in total. The molecule has 0 saturated carbocycles. The van der Waals surface area contributed by atoms with Crippen molar-refractivity contribution >= 4 is 15.8 Å². The molecule has 0 aliphatic rings. The monoisotopic (exact) mass is 325 g/mol. The first-order valence-electron chi connectivity index (χ1n) is 6.16. The van der Waals surface area contributed by atoms with Crippen molar-refractivity contribution in [1.29, 1.82) is 0 Å². The summed E-state index contributed by atoms with van der Waals surface area (Å²) in [7, 11) is -4.31. The van der Waals surface area contributed by atoms with Gasteiger partial charge in [0, 0.05) is 12.1 Å². The SMILES string of the molecule is Cc1ccc(C)c(S(=O)(=O)Oc2cc(F)ccc2[N+](=O)[O-])c1. The van der Waals surface area contributed by atoms with Crippen molar-refractivity contribution in [2.24, 2.45) is 0 Å². The van der Waals surface area contributed by atoms with Crippen LogP contribution in [-0.4, -0.2) is 13.3 Å². The van der Waals surface area contributed by atoms with Gasteiger partial charge in [0.05, 0.1) is 4.92 Å². The molecular weight excluding hydrogens is 313 g/mol. The van der Waals surface area contributed by atoms with E-state index in [4.69, 9.17) is 4.18 Å². The number of nitro benzene ring substituents is 1. The molecule has 0 aliphatic heterocycles. The number of hydrogen-bond acceptors (Lipinski definition) is 5. The minimum Gasteiger partial charge on any atom is -0.371 e. The van der Waals surface area contributed by atoms with Crippen LogP contribution in [0.15, 0.2) is 41.3 Å². The van der Waals surface area contributed by atoms with Crippen molar-refractivity contribution in [3.8, 4) is 5.75 Å². The number of hydrogen-bond donors (Lipinski definition) is 0. The normalized spacial score (nSPS) is 11.2. The van der Waals surface area contributed by atoms with Gasteiger partial charge in [-0.2, -0.15) is 8.42 Å². The smallest absolute Gasteiger partial charge is 0.339 e. The van der Waals surface area contributed by atoms with E-state index >= 15 is 0 Å². The molecule has 2 rings (SSSR count). The van der Waals surface area contributed by atoms with Gasteiger partial charge in [-0.3, -0.25) is 10.1 Å². The van der Waals surface area contributed by atoms with Gasteiger partial charge >= 0.3 is 15.8 Å². The van der Waals surface area contributed by atoms with Gasteiger partial charge < -0.3 is 4.18 Å². The van der Waals surface area contributed by atoms with Crippen molar-refractivity contribution in [3.05, 3.63) is 63.5 Å². The van der Waals surface area contributed by atoms with Gasteiger partial charge in [-0.15, -0.1) is 0 Å². The van der Waals surface area contributed by atoms with Crippen molar-refractivity contribution in [2.45, 2.75) is 18.7 Å². The molecule has 0 heterocycles. The zero-order valence-corrected chi connectivity index (χ0v) is 12.6. The standard InChI is InChI=1S/C14H12FNO5S/c1-9-3-4-10(2)14(7-9)22(19,20)21-13-8-11(15)5-6-12(13)16(17)18/h3-8H,1-2H3. The van der Waals surface area contributed by atoms with Crippen LogP contribution in [0.1, 0.15) is 11.1 Å². The number of nitro groups is 1. The van der Waals surface area contributed by atoms with Crippen molar-refractivity contribution < 1.29 is 21.9 Å². The lowest BCUT2D eigenvalue weighted by molar-refractivity contribution is -0.385. The number of benzene rings is 2. The molecule has 0 bridgehead atoms. The van der Waals surface area contributed by atoms with E-state index in [9.17, 15) is 22.9 Å². The van der Waals surface area contributed by atoms with E-state index < -0.39 is 32.3 Å². The third kappa shape index (κ3) is 3.22. The highest BCUT2D eigenvalue weighted by molar-refractivity contribution is 7.87. The summed E-state index contributed by atoms with van der Waals surface area (Å²) in [6, 6.07) is 7.07. The predicted octanol–water partition coefficient (Wildman–Crippen LogP) is 3.12. The minimum atomic E-state index is -4.31. The van der Waals surface area contributed by atoms with Gasteiger partial charge in [-0.25, -0.2) is 4.39 Å².